The second kappa shape index (κ2) is 5.65. The molecule has 0 saturated carbocycles. The predicted molar refractivity (Wildman–Crippen MR) is 78.6 cm³/mol. The van der Waals surface area contributed by atoms with Crippen molar-refractivity contribution in [2.24, 2.45) is 7.05 Å². The molecule has 1 aliphatic rings. The lowest BCUT2D eigenvalue weighted by molar-refractivity contribution is -0.126. The Morgan fingerprint density at radius 1 is 1.33 bits per heavy atom. The van der Waals surface area contributed by atoms with Gasteiger partial charge in [-0.05, 0) is 44.0 Å². The van der Waals surface area contributed by atoms with Gasteiger partial charge in [0.1, 0.15) is 12.4 Å². The Kier molecular flexibility index (Phi) is 3.70. The minimum Gasteiger partial charge on any atom is -0.365 e. The number of nitrogens with zero attached hydrogens (tertiary/aromatic N) is 3. The van der Waals surface area contributed by atoms with Gasteiger partial charge in [-0.1, -0.05) is 0 Å². The van der Waals surface area contributed by atoms with E-state index in [1.54, 1.807) is 11.0 Å². The topological polar surface area (TPSA) is 69.0 Å². The van der Waals surface area contributed by atoms with E-state index in [4.69, 9.17) is 4.74 Å². The maximum Gasteiger partial charge on any atom is 0.253 e. The first kappa shape index (κ1) is 13.8. The zero-order valence-corrected chi connectivity index (χ0v) is 12.1. The van der Waals surface area contributed by atoms with E-state index in [1.165, 1.54) is 0 Å². The predicted octanol–water partition coefficient (Wildman–Crippen LogP) is 1.99. The van der Waals surface area contributed by atoms with Gasteiger partial charge in [-0.25, -0.2) is 4.98 Å². The van der Waals surface area contributed by atoms with E-state index in [-0.39, 0.29) is 18.1 Å². The summed E-state index contributed by atoms with van der Waals surface area (Å²) in [4.78, 5) is 16.2. The number of carbonyl (C=O) groups excluding carboxylic acids is 1. The van der Waals surface area contributed by atoms with Gasteiger partial charge in [-0.15, -0.1) is 0 Å². The van der Waals surface area contributed by atoms with Crippen LogP contribution in [-0.4, -0.2) is 32.9 Å². The van der Waals surface area contributed by atoms with Crippen LogP contribution < -0.4 is 5.32 Å². The van der Waals surface area contributed by atoms with E-state index in [1.807, 2.05) is 38.2 Å². The fraction of sp³-hybridized carbons (Fsp3) is 0.400. The Hall–Kier alpha value is -2.21. The number of aryl methyl sites for hydroxylation is 1. The summed E-state index contributed by atoms with van der Waals surface area (Å²) in [5.41, 5.74) is 1.67. The average Bonchev–Trinajstić information content (AvgIpc) is 3.08. The van der Waals surface area contributed by atoms with Gasteiger partial charge in [-0.2, -0.15) is 5.10 Å². The number of amides is 1. The number of carbonyl (C=O) groups is 1. The van der Waals surface area contributed by atoms with Crippen LogP contribution >= 0.6 is 0 Å². The van der Waals surface area contributed by atoms with Crippen molar-refractivity contribution in [1.82, 2.24) is 14.8 Å². The minimum absolute atomic E-state index is 0.0805. The monoisotopic (exact) mass is 286 g/mol. The third-order valence-electron chi connectivity index (χ3n) is 3.53. The zero-order chi connectivity index (χ0) is 14.8. The molecule has 1 aromatic heterocycles. The number of hydrogen-bond acceptors (Lipinski definition) is 4. The van der Waals surface area contributed by atoms with E-state index in [9.17, 15) is 4.79 Å². The number of benzene rings is 1. The molecule has 0 radical (unpaired) electrons. The average molecular weight is 286 g/mol. The lowest BCUT2D eigenvalue weighted by Gasteiger charge is -2.11. The number of aromatic nitrogens is 3. The standard InChI is InChI=1S/C15H18N4O2/c1-10-3-8-13(21-10)15(20)17-12-6-4-11(5-7-12)14-16-9-19(2)18-14/h4-7,9-10,13H,3,8H2,1-2H3,(H,17,20)/t10-,13+/m1/s1. The van der Waals surface area contributed by atoms with Crippen LogP contribution in [0.4, 0.5) is 5.69 Å². The fourth-order valence-corrected chi connectivity index (χ4v) is 2.39. The summed E-state index contributed by atoms with van der Waals surface area (Å²) in [7, 11) is 1.83. The Morgan fingerprint density at radius 3 is 2.67 bits per heavy atom. The molecule has 1 aromatic carbocycles. The first-order chi connectivity index (χ1) is 10.1. The molecule has 2 atom stereocenters. The first-order valence-electron chi connectivity index (χ1n) is 7.04. The van der Waals surface area contributed by atoms with Gasteiger partial charge in [0.25, 0.3) is 5.91 Å². The fourth-order valence-electron chi connectivity index (χ4n) is 2.39. The van der Waals surface area contributed by atoms with Gasteiger partial charge in [0.15, 0.2) is 5.82 Å². The minimum atomic E-state index is -0.336. The molecule has 2 heterocycles. The normalized spacial score (nSPS) is 21.4. The van der Waals surface area contributed by atoms with Crippen molar-refractivity contribution in [1.29, 1.82) is 0 Å². The molecular formula is C15H18N4O2. The van der Waals surface area contributed by atoms with Crippen molar-refractivity contribution in [2.75, 3.05) is 5.32 Å². The lowest BCUT2D eigenvalue weighted by atomic mass is 10.1. The van der Waals surface area contributed by atoms with Crippen molar-refractivity contribution in [3.63, 3.8) is 0 Å². The molecule has 0 aliphatic carbocycles. The van der Waals surface area contributed by atoms with Crippen molar-refractivity contribution in [3.05, 3.63) is 30.6 Å². The highest BCUT2D eigenvalue weighted by atomic mass is 16.5. The Bertz CT molecular complexity index is 635. The summed E-state index contributed by atoms with van der Waals surface area (Å²) >= 11 is 0. The molecule has 6 heteroatoms. The van der Waals surface area contributed by atoms with Crippen LogP contribution in [0.25, 0.3) is 11.4 Å². The Balaban J connectivity index is 1.66. The maximum atomic E-state index is 12.1. The number of anilines is 1. The van der Waals surface area contributed by atoms with Crippen molar-refractivity contribution in [3.8, 4) is 11.4 Å². The second-order valence-electron chi connectivity index (χ2n) is 5.32. The van der Waals surface area contributed by atoms with Gasteiger partial charge in [0, 0.05) is 18.3 Å². The van der Waals surface area contributed by atoms with Crippen molar-refractivity contribution >= 4 is 11.6 Å². The van der Waals surface area contributed by atoms with Crippen LogP contribution in [0.5, 0.6) is 0 Å². The third-order valence-corrected chi connectivity index (χ3v) is 3.53. The third kappa shape index (κ3) is 3.11. The summed E-state index contributed by atoms with van der Waals surface area (Å²) < 4.78 is 7.21. The molecule has 110 valence electrons. The summed E-state index contributed by atoms with van der Waals surface area (Å²) in [5.74, 6) is 0.589. The maximum absolute atomic E-state index is 12.1. The van der Waals surface area contributed by atoms with Crippen LogP contribution in [0.1, 0.15) is 19.8 Å². The SMILES string of the molecule is C[C@@H]1CC[C@@H](C(=O)Nc2ccc(-c3ncn(C)n3)cc2)O1. The van der Waals surface area contributed by atoms with Crippen LogP contribution in [0.15, 0.2) is 30.6 Å². The molecule has 0 bridgehead atoms. The van der Waals surface area contributed by atoms with Gasteiger partial charge in [0.05, 0.1) is 6.10 Å². The Labute approximate surface area is 123 Å². The number of rotatable bonds is 3. The molecule has 0 unspecified atom stereocenters. The van der Waals surface area contributed by atoms with E-state index in [0.717, 1.165) is 24.1 Å². The molecule has 1 amide bonds. The molecule has 3 rings (SSSR count). The summed E-state index contributed by atoms with van der Waals surface area (Å²) in [6, 6.07) is 7.48. The number of hydrogen-bond donors (Lipinski definition) is 1. The summed E-state index contributed by atoms with van der Waals surface area (Å²) in [6.45, 7) is 1.99. The molecule has 21 heavy (non-hydrogen) atoms. The van der Waals surface area contributed by atoms with Gasteiger partial charge in [-0.3, -0.25) is 9.48 Å². The van der Waals surface area contributed by atoms with Gasteiger partial charge < -0.3 is 10.1 Å². The quantitative estimate of drug-likeness (QED) is 0.937. The number of ether oxygens (including phenoxy) is 1. The molecule has 6 nitrogen and oxygen atoms in total. The molecule has 1 saturated heterocycles. The molecule has 2 aromatic rings. The van der Waals surface area contributed by atoms with Gasteiger partial charge >= 0.3 is 0 Å². The molecule has 0 spiro atoms. The highest BCUT2D eigenvalue weighted by Crippen LogP contribution is 2.22. The van der Waals surface area contributed by atoms with E-state index < -0.39 is 0 Å². The molecule has 1 fully saturated rings. The molecular weight excluding hydrogens is 268 g/mol. The van der Waals surface area contributed by atoms with Crippen LogP contribution in [0.3, 0.4) is 0 Å². The second-order valence-corrected chi connectivity index (χ2v) is 5.32. The summed E-state index contributed by atoms with van der Waals surface area (Å²) in [6.07, 6.45) is 3.20. The molecule has 1 N–H and O–H groups in total. The first-order valence-corrected chi connectivity index (χ1v) is 7.04. The Morgan fingerprint density at radius 2 is 2.10 bits per heavy atom. The van der Waals surface area contributed by atoms with E-state index in [0.29, 0.717) is 5.82 Å². The molecule has 1 aliphatic heterocycles. The van der Waals surface area contributed by atoms with Crippen molar-refractivity contribution < 1.29 is 9.53 Å². The highest BCUT2D eigenvalue weighted by molar-refractivity contribution is 5.94. The van der Waals surface area contributed by atoms with Gasteiger partial charge in [0.2, 0.25) is 0 Å². The van der Waals surface area contributed by atoms with Crippen molar-refractivity contribution in [2.45, 2.75) is 32.0 Å². The number of nitrogens with one attached hydrogen (secondary N) is 1. The summed E-state index contributed by atoms with van der Waals surface area (Å²) in [5, 5.41) is 7.12. The largest absolute Gasteiger partial charge is 0.365 e. The van der Waals surface area contributed by atoms with Crippen LogP contribution in [0.2, 0.25) is 0 Å². The van der Waals surface area contributed by atoms with Crippen LogP contribution in [-0.2, 0) is 16.6 Å². The van der Waals surface area contributed by atoms with E-state index in [2.05, 4.69) is 15.4 Å². The lowest BCUT2D eigenvalue weighted by Crippen LogP contribution is -2.27. The van der Waals surface area contributed by atoms with E-state index >= 15 is 0 Å². The zero-order valence-electron chi connectivity index (χ0n) is 12.1. The highest BCUT2D eigenvalue weighted by Gasteiger charge is 2.28. The smallest absolute Gasteiger partial charge is 0.253 e. The van der Waals surface area contributed by atoms with Crippen LogP contribution in [0, 0.1) is 0 Å².